The molecule has 5 N–H and O–H groups in total. The first kappa shape index (κ1) is 21.4. The number of carbonyl (C=O) groups is 4. The molecule has 0 aromatic rings. The van der Waals surface area contributed by atoms with Gasteiger partial charge in [0.25, 0.3) is 0 Å². The number of carbonyl (C=O) groups excluding carboxylic acids is 3. The molecule has 9 nitrogen and oxygen atoms in total. The molecular weight excluding hydrogens is 352 g/mol. The van der Waals surface area contributed by atoms with Crippen LogP contribution in [0.3, 0.4) is 0 Å². The predicted molar refractivity (Wildman–Crippen MR) is 89.6 cm³/mol. The number of carboxylic acid groups (broad SMARTS) is 1. The lowest BCUT2D eigenvalue weighted by molar-refractivity contribution is -0.140. The van der Waals surface area contributed by atoms with Crippen LogP contribution in [0, 0.1) is 11.8 Å². The van der Waals surface area contributed by atoms with E-state index in [9.17, 15) is 29.4 Å². The van der Waals surface area contributed by atoms with E-state index in [1.165, 1.54) is 6.92 Å². The van der Waals surface area contributed by atoms with Crippen LogP contribution < -0.4 is 10.6 Å². The van der Waals surface area contributed by atoms with Crippen LogP contribution in [-0.2, 0) is 19.2 Å². The van der Waals surface area contributed by atoms with Gasteiger partial charge in [-0.15, -0.1) is 0 Å². The fourth-order valence-electron chi connectivity index (χ4n) is 2.70. The third-order valence-electron chi connectivity index (χ3n) is 4.18. The fourth-order valence-corrected chi connectivity index (χ4v) is 3.77. The first-order valence-corrected chi connectivity index (χ1v) is 8.79. The Kier molecular flexibility index (Phi) is 6.98. The number of hydrogen-bond acceptors (Lipinski definition) is 7. The smallest absolute Gasteiger partial charge is 0.327 e. The van der Waals surface area contributed by atoms with Gasteiger partial charge in [0.1, 0.15) is 6.04 Å². The first-order chi connectivity index (χ1) is 11.4. The molecule has 0 radical (unpaired) electrons. The lowest BCUT2D eigenvalue weighted by Crippen LogP contribution is -2.64. The van der Waals surface area contributed by atoms with E-state index < -0.39 is 58.5 Å². The van der Waals surface area contributed by atoms with E-state index in [1.807, 2.05) is 0 Å². The molecule has 0 bridgehead atoms. The van der Waals surface area contributed by atoms with Crippen molar-refractivity contribution < 1.29 is 34.5 Å². The summed E-state index contributed by atoms with van der Waals surface area (Å²) in [6.07, 6.45) is -2.82. The molecule has 1 aliphatic heterocycles. The number of carboxylic acids is 1. The highest BCUT2D eigenvalue weighted by Crippen LogP contribution is 2.36. The molecular formula is C15H24N2O7S. The molecule has 0 spiro atoms. The summed E-state index contributed by atoms with van der Waals surface area (Å²) in [5.41, 5.74) is -1.92. The van der Waals surface area contributed by atoms with Gasteiger partial charge in [-0.1, -0.05) is 32.5 Å². The second-order valence-electron chi connectivity index (χ2n) is 6.47. The maximum atomic E-state index is 12.8. The van der Waals surface area contributed by atoms with Crippen LogP contribution >= 0.6 is 11.8 Å². The highest BCUT2D eigenvalue weighted by Gasteiger charge is 2.60. The van der Waals surface area contributed by atoms with Gasteiger partial charge in [0.2, 0.25) is 16.9 Å². The second kappa shape index (κ2) is 8.15. The SMILES string of the molecule is CC(=O)N[C@H](CSC(=O)[C@]1(C(O)C(C)C)NC(=O)[C@H](C)[C@@H]1O)C(=O)O. The van der Waals surface area contributed by atoms with Crippen molar-refractivity contribution in [3.8, 4) is 0 Å². The largest absolute Gasteiger partial charge is 0.480 e. The number of rotatable bonds is 7. The number of amides is 2. The molecule has 0 aliphatic carbocycles. The summed E-state index contributed by atoms with van der Waals surface area (Å²) in [7, 11) is 0. The quantitative estimate of drug-likeness (QED) is 0.368. The predicted octanol–water partition coefficient (Wildman–Crippen LogP) is -1.28. The molecule has 25 heavy (non-hydrogen) atoms. The van der Waals surface area contributed by atoms with Gasteiger partial charge in [0, 0.05) is 12.7 Å². The van der Waals surface area contributed by atoms with Crippen LogP contribution in [0.2, 0.25) is 0 Å². The summed E-state index contributed by atoms with van der Waals surface area (Å²) in [4.78, 5) is 46.9. The summed E-state index contributed by atoms with van der Waals surface area (Å²) in [6, 6.07) is -1.31. The molecule has 0 aromatic heterocycles. The van der Waals surface area contributed by atoms with Gasteiger partial charge in [0.05, 0.1) is 18.1 Å². The standard InChI is InChI=1S/C15H24N2O7S/c1-6(2)10(19)15(11(20)7(3)12(21)17-15)14(24)25-5-9(13(22)23)16-8(4)18/h6-7,9-11,19-20H,5H2,1-4H3,(H,16,18)(H,17,21)(H,22,23)/t7-,9-,10?,11+,15-/m1/s1. The summed E-state index contributed by atoms with van der Waals surface area (Å²) in [5, 5.41) is 33.8. The summed E-state index contributed by atoms with van der Waals surface area (Å²) in [6.45, 7) is 5.84. The van der Waals surface area contributed by atoms with Crippen LogP contribution in [0.4, 0.5) is 0 Å². The van der Waals surface area contributed by atoms with Crippen molar-refractivity contribution >= 4 is 34.7 Å². The highest BCUT2D eigenvalue weighted by molar-refractivity contribution is 8.13. The molecule has 1 aliphatic rings. The molecule has 2 amide bonds. The molecule has 5 atom stereocenters. The van der Waals surface area contributed by atoms with Crippen LogP contribution in [-0.4, -0.2) is 67.8 Å². The minimum atomic E-state index is -1.92. The monoisotopic (exact) mass is 376 g/mol. The third-order valence-corrected chi connectivity index (χ3v) is 5.28. The van der Waals surface area contributed by atoms with E-state index in [1.54, 1.807) is 13.8 Å². The van der Waals surface area contributed by atoms with Gasteiger partial charge in [-0.25, -0.2) is 4.79 Å². The van der Waals surface area contributed by atoms with E-state index in [2.05, 4.69) is 10.6 Å². The zero-order valence-electron chi connectivity index (χ0n) is 14.5. The molecule has 0 saturated carbocycles. The van der Waals surface area contributed by atoms with Gasteiger partial charge >= 0.3 is 5.97 Å². The van der Waals surface area contributed by atoms with Crippen LogP contribution in [0.25, 0.3) is 0 Å². The molecule has 1 unspecified atom stereocenters. The molecule has 1 fully saturated rings. The zero-order valence-corrected chi connectivity index (χ0v) is 15.3. The van der Waals surface area contributed by atoms with E-state index in [4.69, 9.17) is 5.11 Å². The Balaban J connectivity index is 3.04. The Morgan fingerprint density at radius 2 is 1.92 bits per heavy atom. The molecule has 1 rings (SSSR count). The average molecular weight is 376 g/mol. The Hall–Kier alpha value is -1.65. The lowest BCUT2D eigenvalue weighted by Gasteiger charge is -2.37. The van der Waals surface area contributed by atoms with Crippen molar-refractivity contribution in [2.45, 2.75) is 51.5 Å². The van der Waals surface area contributed by atoms with E-state index in [-0.39, 0.29) is 5.75 Å². The Morgan fingerprint density at radius 3 is 2.28 bits per heavy atom. The van der Waals surface area contributed by atoms with Gasteiger partial charge in [-0.2, -0.15) is 0 Å². The minimum Gasteiger partial charge on any atom is -0.480 e. The normalized spacial score (nSPS) is 28.4. The number of aliphatic hydroxyl groups is 2. The molecule has 0 aromatic carbocycles. The van der Waals surface area contributed by atoms with Crippen molar-refractivity contribution in [1.29, 1.82) is 0 Å². The number of hydrogen-bond donors (Lipinski definition) is 5. The minimum absolute atomic E-state index is 0.308. The van der Waals surface area contributed by atoms with Crippen molar-refractivity contribution in [1.82, 2.24) is 10.6 Å². The average Bonchev–Trinajstić information content (AvgIpc) is 2.74. The number of nitrogens with one attached hydrogen (secondary N) is 2. The van der Waals surface area contributed by atoms with Crippen molar-refractivity contribution in [3.05, 3.63) is 0 Å². The van der Waals surface area contributed by atoms with Crippen LogP contribution in [0.15, 0.2) is 0 Å². The number of thioether (sulfide) groups is 1. The lowest BCUT2D eigenvalue weighted by atomic mass is 9.81. The second-order valence-corrected chi connectivity index (χ2v) is 7.46. The number of aliphatic hydroxyl groups excluding tert-OH is 2. The van der Waals surface area contributed by atoms with E-state index in [0.717, 1.165) is 6.92 Å². The van der Waals surface area contributed by atoms with Gasteiger partial charge < -0.3 is 26.0 Å². The molecule has 142 valence electrons. The molecule has 1 saturated heterocycles. The van der Waals surface area contributed by atoms with Crippen LogP contribution in [0.5, 0.6) is 0 Å². The van der Waals surface area contributed by atoms with Crippen molar-refractivity contribution in [3.63, 3.8) is 0 Å². The summed E-state index contributed by atoms with van der Waals surface area (Å²) in [5.74, 6) is -4.12. The number of aliphatic carboxylic acids is 1. The summed E-state index contributed by atoms with van der Waals surface area (Å²) >= 11 is 0.535. The maximum Gasteiger partial charge on any atom is 0.327 e. The summed E-state index contributed by atoms with van der Waals surface area (Å²) < 4.78 is 0. The topological polar surface area (TPSA) is 153 Å². The van der Waals surface area contributed by atoms with Crippen molar-refractivity contribution in [2.24, 2.45) is 11.8 Å². The Labute approximate surface area is 149 Å². The highest BCUT2D eigenvalue weighted by atomic mass is 32.2. The fraction of sp³-hybridized carbons (Fsp3) is 0.733. The molecule has 10 heteroatoms. The van der Waals surface area contributed by atoms with Gasteiger partial charge in [-0.3, -0.25) is 14.4 Å². The van der Waals surface area contributed by atoms with Crippen molar-refractivity contribution in [2.75, 3.05) is 5.75 Å². The molecule has 1 heterocycles. The Morgan fingerprint density at radius 1 is 1.36 bits per heavy atom. The first-order valence-electron chi connectivity index (χ1n) is 7.80. The zero-order chi connectivity index (χ0) is 19.5. The Bertz CT molecular complexity index is 568. The van der Waals surface area contributed by atoms with Gasteiger partial charge in [-0.05, 0) is 5.92 Å². The van der Waals surface area contributed by atoms with Gasteiger partial charge in [0.15, 0.2) is 5.54 Å². The van der Waals surface area contributed by atoms with E-state index >= 15 is 0 Å². The van der Waals surface area contributed by atoms with Crippen LogP contribution in [0.1, 0.15) is 27.7 Å². The maximum absolute atomic E-state index is 12.8. The third kappa shape index (κ3) is 4.31. The van der Waals surface area contributed by atoms with E-state index in [0.29, 0.717) is 11.8 Å².